The fourth-order valence-corrected chi connectivity index (χ4v) is 1.23. The van der Waals surface area contributed by atoms with E-state index in [4.69, 9.17) is 4.74 Å². The molecule has 0 atom stereocenters. The molecule has 0 aromatic carbocycles. The SMILES string of the molecule is CCOc1ccc2n[nH]c(C)c2n1. The van der Waals surface area contributed by atoms with E-state index in [1.807, 2.05) is 26.0 Å². The molecule has 13 heavy (non-hydrogen) atoms. The number of nitrogens with zero attached hydrogens (tertiary/aromatic N) is 2. The van der Waals surface area contributed by atoms with Crippen LogP contribution in [0.4, 0.5) is 0 Å². The molecule has 1 N–H and O–H groups in total. The smallest absolute Gasteiger partial charge is 0.213 e. The minimum Gasteiger partial charge on any atom is -0.478 e. The Bertz CT molecular complexity index is 422. The highest BCUT2D eigenvalue weighted by Crippen LogP contribution is 2.16. The van der Waals surface area contributed by atoms with Gasteiger partial charge in [0.25, 0.3) is 0 Å². The zero-order valence-electron chi connectivity index (χ0n) is 7.66. The summed E-state index contributed by atoms with van der Waals surface area (Å²) in [6.07, 6.45) is 0. The number of hydrogen-bond acceptors (Lipinski definition) is 3. The van der Waals surface area contributed by atoms with Crippen LogP contribution in [-0.4, -0.2) is 21.8 Å². The Balaban J connectivity index is 2.53. The minimum absolute atomic E-state index is 0.634. The van der Waals surface area contributed by atoms with Gasteiger partial charge >= 0.3 is 0 Å². The van der Waals surface area contributed by atoms with Gasteiger partial charge < -0.3 is 4.74 Å². The van der Waals surface area contributed by atoms with E-state index in [1.165, 1.54) is 0 Å². The molecule has 2 aromatic heterocycles. The monoisotopic (exact) mass is 177 g/mol. The first-order valence-electron chi connectivity index (χ1n) is 4.26. The first-order valence-corrected chi connectivity index (χ1v) is 4.26. The van der Waals surface area contributed by atoms with Gasteiger partial charge in [-0.3, -0.25) is 5.10 Å². The van der Waals surface area contributed by atoms with Gasteiger partial charge in [-0.15, -0.1) is 0 Å². The first kappa shape index (κ1) is 8.04. The minimum atomic E-state index is 0.634. The molecule has 2 aromatic rings. The summed E-state index contributed by atoms with van der Waals surface area (Å²) < 4.78 is 5.29. The van der Waals surface area contributed by atoms with Crippen LogP contribution in [0.3, 0.4) is 0 Å². The van der Waals surface area contributed by atoms with Crippen molar-refractivity contribution in [3.8, 4) is 5.88 Å². The molecule has 0 unspecified atom stereocenters. The van der Waals surface area contributed by atoms with Gasteiger partial charge in [0.05, 0.1) is 12.3 Å². The summed E-state index contributed by atoms with van der Waals surface area (Å²) in [6.45, 7) is 4.52. The second kappa shape index (κ2) is 3.05. The van der Waals surface area contributed by atoms with Crippen LogP contribution in [0.2, 0.25) is 0 Å². The molecular formula is C9H11N3O. The lowest BCUT2D eigenvalue weighted by Gasteiger charge is -2.00. The van der Waals surface area contributed by atoms with E-state index in [0.717, 1.165) is 16.7 Å². The Morgan fingerprint density at radius 2 is 2.31 bits per heavy atom. The lowest BCUT2D eigenvalue weighted by atomic mass is 10.3. The molecule has 68 valence electrons. The summed E-state index contributed by atoms with van der Waals surface area (Å²) in [5.41, 5.74) is 2.73. The standard InChI is InChI=1S/C9H11N3O/c1-3-13-8-5-4-7-9(10-8)6(2)11-12-7/h4-5H,3H2,1-2H3,(H,11,12). The highest BCUT2D eigenvalue weighted by molar-refractivity contribution is 5.76. The number of H-pyrrole nitrogens is 1. The zero-order valence-corrected chi connectivity index (χ0v) is 7.66. The molecule has 0 aliphatic heterocycles. The van der Waals surface area contributed by atoms with Gasteiger partial charge in [0.2, 0.25) is 5.88 Å². The van der Waals surface area contributed by atoms with Crippen LogP contribution in [0.25, 0.3) is 11.0 Å². The molecule has 0 saturated carbocycles. The van der Waals surface area contributed by atoms with Crippen LogP contribution in [0, 0.1) is 6.92 Å². The van der Waals surface area contributed by atoms with Crippen LogP contribution in [0.1, 0.15) is 12.6 Å². The van der Waals surface area contributed by atoms with E-state index < -0.39 is 0 Å². The van der Waals surface area contributed by atoms with E-state index in [1.54, 1.807) is 0 Å². The van der Waals surface area contributed by atoms with Crippen LogP contribution >= 0.6 is 0 Å². The molecule has 0 fully saturated rings. The van der Waals surface area contributed by atoms with Crippen molar-refractivity contribution in [1.82, 2.24) is 15.2 Å². The number of hydrogen-bond donors (Lipinski definition) is 1. The maximum absolute atomic E-state index is 5.29. The van der Waals surface area contributed by atoms with Gasteiger partial charge in [0.15, 0.2) is 0 Å². The molecule has 0 radical (unpaired) electrons. The lowest BCUT2D eigenvalue weighted by molar-refractivity contribution is 0.328. The van der Waals surface area contributed by atoms with Gasteiger partial charge in [-0.1, -0.05) is 0 Å². The van der Waals surface area contributed by atoms with Crippen LogP contribution in [-0.2, 0) is 0 Å². The van der Waals surface area contributed by atoms with E-state index in [0.29, 0.717) is 12.5 Å². The maximum atomic E-state index is 5.29. The van der Waals surface area contributed by atoms with Crippen molar-refractivity contribution in [3.63, 3.8) is 0 Å². The second-order valence-electron chi connectivity index (χ2n) is 2.80. The van der Waals surface area contributed by atoms with Crippen molar-refractivity contribution >= 4 is 11.0 Å². The largest absolute Gasteiger partial charge is 0.478 e. The van der Waals surface area contributed by atoms with E-state index in [2.05, 4.69) is 15.2 Å². The summed E-state index contributed by atoms with van der Waals surface area (Å²) in [4.78, 5) is 4.31. The highest BCUT2D eigenvalue weighted by Gasteiger charge is 2.03. The van der Waals surface area contributed by atoms with Crippen molar-refractivity contribution in [2.75, 3.05) is 6.61 Å². The topological polar surface area (TPSA) is 50.8 Å². The van der Waals surface area contributed by atoms with E-state index in [-0.39, 0.29) is 0 Å². The second-order valence-corrected chi connectivity index (χ2v) is 2.80. The third-order valence-corrected chi connectivity index (χ3v) is 1.84. The summed E-state index contributed by atoms with van der Waals surface area (Å²) >= 11 is 0. The number of nitrogens with one attached hydrogen (secondary N) is 1. The molecule has 2 heterocycles. The number of aromatic nitrogens is 3. The van der Waals surface area contributed by atoms with Gasteiger partial charge in [0, 0.05) is 6.07 Å². The predicted molar refractivity (Wildman–Crippen MR) is 49.8 cm³/mol. The van der Waals surface area contributed by atoms with Crippen LogP contribution in [0.5, 0.6) is 5.88 Å². The quantitative estimate of drug-likeness (QED) is 0.759. The number of pyridine rings is 1. The van der Waals surface area contributed by atoms with Crippen molar-refractivity contribution in [1.29, 1.82) is 0 Å². The predicted octanol–water partition coefficient (Wildman–Crippen LogP) is 1.67. The van der Waals surface area contributed by atoms with Gasteiger partial charge in [-0.05, 0) is 19.9 Å². The third-order valence-electron chi connectivity index (χ3n) is 1.84. The summed E-state index contributed by atoms with van der Waals surface area (Å²) in [7, 11) is 0. The summed E-state index contributed by atoms with van der Waals surface area (Å²) in [5, 5.41) is 6.95. The molecular weight excluding hydrogens is 166 g/mol. The van der Waals surface area contributed by atoms with E-state index >= 15 is 0 Å². The molecule has 4 nitrogen and oxygen atoms in total. The average Bonchev–Trinajstić information content (AvgIpc) is 2.49. The fourth-order valence-electron chi connectivity index (χ4n) is 1.23. The Labute approximate surface area is 75.9 Å². The normalized spacial score (nSPS) is 10.6. The molecule has 0 bridgehead atoms. The van der Waals surface area contributed by atoms with Gasteiger partial charge in [-0.25, -0.2) is 4.98 Å². The van der Waals surface area contributed by atoms with Crippen molar-refractivity contribution in [2.45, 2.75) is 13.8 Å². The number of ether oxygens (including phenoxy) is 1. The first-order chi connectivity index (χ1) is 6.31. The molecule has 4 heteroatoms. The van der Waals surface area contributed by atoms with Gasteiger partial charge in [0.1, 0.15) is 11.0 Å². The highest BCUT2D eigenvalue weighted by atomic mass is 16.5. The molecule has 0 saturated heterocycles. The Morgan fingerprint density at radius 1 is 1.46 bits per heavy atom. The number of aryl methyl sites for hydroxylation is 1. The summed E-state index contributed by atoms with van der Waals surface area (Å²) in [5.74, 6) is 0.652. The molecule has 0 aliphatic rings. The van der Waals surface area contributed by atoms with Crippen molar-refractivity contribution in [3.05, 3.63) is 17.8 Å². The van der Waals surface area contributed by atoms with Gasteiger partial charge in [-0.2, -0.15) is 5.10 Å². The average molecular weight is 177 g/mol. The van der Waals surface area contributed by atoms with Crippen molar-refractivity contribution < 1.29 is 4.74 Å². The Hall–Kier alpha value is -1.58. The molecule has 0 aliphatic carbocycles. The summed E-state index contributed by atoms with van der Waals surface area (Å²) in [6, 6.07) is 3.73. The van der Waals surface area contributed by atoms with Crippen LogP contribution < -0.4 is 4.74 Å². The molecule has 0 amide bonds. The number of aromatic amines is 1. The van der Waals surface area contributed by atoms with Crippen LogP contribution in [0.15, 0.2) is 12.1 Å². The molecule has 2 rings (SSSR count). The Morgan fingerprint density at radius 3 is 3.08 bits per heavy atom. The molecule has 0 spiro atoms. The number of fused-ring (bicyclic) bond motifs is 1. The Kier molecular flexibility index (Phi) is 1.88. The number of rotatable bonds is 2. The third kappa shape index (κ3) is 1.35. The zero-order chi connectivity index (χ0) is 9.26. The lowest BCUT2D eigenvalue weighted by Crippen LogP contribution is -1.93. The maximum Gasteiger partial charge on any atom is 0.213 e. The van der Waals surface area contributed by atoms with Crippen molar-refractivity contribution in [2.24, 2.45) is 0 Å². The van der Waals surface area contributed by atoms with E-state index in [9.17, 15) is 0 Å². The fraction of sp³-hybridized carbons (Fsp3) is 0.333.